The van der Waals surface area contributed by atoms with Gasteiger partial charge in [0, 0.05) is 17.7 Å². The van der Waals surface area contributed by atoms with Crippen LogP contribution >= 0.6 is 0 Å². The molecule has 0 bridgehead atoms. The van der Waals surface area contributed by atoms with Gasteiger partial charge < -0.3 is 14.5 Å². The maximum atomic E-state index is 12.9. The van der Waals surface area contributed by atoms with Crippen molar-refractivity contribution in [3.63, 3.8) is 0 Å². The Morgan fingerprint density at radius 2 is 1.76 bits per heavy atom. The van der Waals surface area contributed by atoms with Gasteiger partial charge in [-0.3, -0.25) is 14.9 Å². The summed E-state index contributed by atoms with van der Waals surface area (Å²) in [5, 5.41) is 4.90. The van der Waals surface area contributed by atoms with E-state index in [9.17, 15) is 19.2 Å². The van der Waals surface area contributed by atoms with Crippen LogP contribution in [0, 0.1) is 12.8 Å². The predicted molar refractivity (Wildman–Crippen MR) is 124 cm³/mol. The molecule has 8 heteroatoms. The van der Waals surface area contributed by atoms with E-state index in [1.807, 2.05) is 32.0 Å². The Bertz CT molecular complexity index is 1230. The Kier molecular flexibility index (Phi) is 7.61. The minimum atomic E-state index is -0.845. The molecule has 0 aliphatic rings. The normalized spacial score (nSPS) is 10.8. The fraction of sp³-hybridized carbons (Fsp3) is 0.280. The van der Waals surface area contributed by atoms with E-state index in [2.05, 4.69) is 10.6 Å². The minimum absolute atomic E-state index is 0.0102. The molecule has 0 aliphatic carbocycles. The van der Waals surface area contributed by atoms with Crippen molar-refractivity contribution in [3.8, 4) is 11.3 Å². The molecule has 0 aliphatic heterocycles. The molecule has 33 heavy (non-hydrogen) atoms. The van der Waals surface area contributed by atoms with Crippen LogP contribution in [0.4, 0.5) is 4.79 Å². The number of amides is 3. The standard InChI is InChI=1S/C25H26N2O6/c1-15(2)12-13-26-25(31)27-20(28)14-32-24(30)19-11-7-10-18-21(29)16(3)22(33-23(18)19)17-8-5-4-6-9-17/h4-11,15H,12-14H2,1-3H3,(H2,26,27,28,31). The molecule has 0 fully saturated rings. The topological polar surface area (TPSA) is 115 Å². The van der Waals surface area contributed by atoms with Crippen molar-refractivity contribution < 1.29 is 23.5 Å². The largest absolute Gasteiger partial charge is 0.455 e. The van der Waals surface area contributed by atoms with Crippen LogP contribution in [0.15, 0.2) is 57.7 Å². The van der Waals surface area contributed by atoms with Crippen LogP contribution in [0.5, 0.6) is 0 Å². The Hall–Kier alpha value is -3.94. The third-order valence-corrected chi connectivity index (χ3v) is 5.00. The first kappa shape index (κ1) is 23.7. The summed E-state index contributed by atoms with van der Waals surface area (Å²) >= 11 is 0. The van der Waals surface area contributed by atoms with E-state index >= 15 is 0 Å². The highest BCUT2D eigenvalue weighted by Gasteiger charge is 2.20. The molecule has 3 amide bonds. The van der Waals surface area contributed by atoms with Gasteiger partial charge in [0.1, 0.15) is 11.3 Å². The monoisotopic (exact) mass is 450 g/mol. The van der Waals surface area contributed by atoms with Crippen molar-refractivity contribution in [2.24, 2.45) is 5.92 Å². The fourth-order valence-electron chi connectivity index (χ4n) is 3.23. The highest BCUT2D eigenvalue weighted by Crippen LogP contribution is 2.27. The molecule has 1 aromatic heterocycles. The van der Waals surface area contributed by atoms with Gasteiger partial charge >= 0.3 is 12.0 Å². The molecule has 0 saturated heterocycles. The van der Waals surface area contributed by atoms with Gasteiger partial charge in [0.2, 0.25) is 0 Å². The minimum Gasteiger partial charge on any atom is -0.455 e. The van der Waals surface area contributed by atoms with Crippen molar-refractivity contribution in [2.75, 3.05) is 13.2 Å². The second-order valence-electron chi connectivity index (χ2n) is 8.00. The highest BCUT2D eigenvalue weighted by atomic mass is 16.5. The Morgan fingerprint density at radius 3 is 2.45 bits per heavy atom. The average Bonchev–Trinajstić information content (AvgIpc) is 2.79. The lowest BCUT2D eigenvalue weighted by molar-refractivity contribution is -0.123. The Labute approximate surface area is 190 Å². The number of urea groups is 1. The fourth-order valence-corrected chi connectivity index (χ4v) is 3.23. The summed E-state index contributed by atoms with van der Waals surface area (Å²) in [5.74, 6) is -0.854. The zero-order valence-corrected chi connectivity index (χ0v) is 18.8. The maximum absolute atomic E-state index is 12.9. The van der Waals surface area contributed by atoms with Crippen molar-refractivity contribution in [1.29, 1.82) is 0 Å². The molecule has 3 aromatic rings. The van der Waals surface area contributed by atoms with Crippen LogP contribution in [0.25, 0.3) is 22.3 Å². The zero-order valence-electron chi connectivity index (χ0n) is 18.8. The van der Waals surface area contributed by atoms with Gasteiger partial charge in [0.25, 0.3) is 5.91 Å². The van der Waals surface area contributed by atoms with Gasteiger partial charge in [-0.15, -0.1) is 0 Å². The molecule has 0 atom stereocenters. The number of fused-ring (bicyclic) bond motifs is 1. The van der Waals surface area contributed by atoms with Crippen LogP contribution in [0.2, 0.25) is 0 Å². The number of para-hydroxylation sites is 1. The van der Waals surface area contributed by atoms with Gasteiger partial charge in [-0.1, -0.05) is 50.2 Å². The third kappa shape index (κ3) is 5.85. The van der Waals surface area contributed by atoms with Crippen LogP contribution in [-0.4, -0.2) is 31.1 Å². The number of hydrogen-bond acceptors (Lipinski definition) is 6. The summed E-state index contributed by atoms with van der Waals surface area (Å²) in [6, 6.07) is 13.0. The van der Waals surface area contributed by atoms with Gasteiger partial charge in [-0.25, -0.2) is 9.59 Å². The highest BCUT2D eigenvalue weighted by molar-refractivity contribution is 6.03. The first-order valence-corrected chi connectivity index (χ1v) is 10.6. The number of hydrogen-bond donors (Lipinski definition) is 2. The SMILES string of the molecule is Cc1c(-c2ccccc2)oc2c(C(=O)OCC(=O)NC(=O)NCCC(C)C)cccc2c1=O. The van der Waals surface area contributed by atoms with Crippen LogP contribution in [-0.2, 0) is 9.53 Å². The lowest BCUT2D eigenvalue weighted by Gasteiger charge is -2.11. The number of benzene rings is 2. The summed E-state index contributed by atoms with van der Waals surface area (Å²) < 4.78 is 11.0. The van der Waals surface area contributed by atoms with Crippen LogP contribution < -0.4 is 16.1 Å². The van der Waals surface area contributed by atoms with E-state index in [0.29, 0.717) is 29.3 Å². The van der Waals surface area contributed by atoms with Crippen molar-refractivity contribution in [2.45, 2.75) is 27.2 Å². The molecule has 2 N–H and O–H groups in total. The summed E-state index contributed by atoms with van der Waals surface area (Å²) in [5.41, 5.74) is 0.933. The lowest BCUT2D eigenvalue weighted by Crippen LogP contribution is -2.42. The summed E-state index contributed by atoms with van der Waals surface area (Å²) in [6.45, 7) is 5.46. The van der Waals surface area contributed by atoms with E-state index in [1.54, 1.807) is 31.2 Å². The molecule has 0 unspecified atom stereocenters. The van der Waals surface area contributed by atoms with Gasteiger partial charge in [0.15, 0.2) is 17.6 Å². The molecule has 0 radical (unpaired) electrons. The first-order chi connectivity index (χ1) is 15.8. The van der Waals surface area contributed by atoms with Crippen molar-refractivity contribution in [1.82, 2.24) is 10.6 Å². The van der Waals surface area contributed by atoms with Crippen molar-refractivity contribution in [3.05, 3.63) is 69.9 Å². The Morgan fingerprint density at radius 1 is 1.03 bits per heavy atom. The molecule has 3 rings (SSSR count). The van der Waals surface area contributed by atoms with E-state index in [0.717, 1.165) is 6.42 Å². The lowest BCUT2D eigenvalue weighted by atomic mass is 10.0. The Balaban J connectivity index is 1.76. The quantitative estimate of drug-likeness (QED) is 0.529. The van der Waals surface area contributed by atoms with E-state index in [1.165, 1.54) is 6.07 Å². The molecule has 1 heterocycles. The van der Waals surface area contributed by atoms with Gasteiger partial charge in [-0.05, 0) is 31.4 Å². The smallest absolute Gasteiger partial charge is 0.342 e. The molecule has 0 saturated carbocycles. The third-order valence-electron chi connectivity index (χ3n) is 5.00. The summed E-state index contributed by atoms with van der Waals surface area (Å²) in [4.78, 5) is 49.3. The number of carbonyl (C=O) groups is 3. The second-order valence-corrected chi connectivity index (χ2v) is 8.00. The average molecular weight is 450 g/mol. The molecular formula is C25H26N2O6. The molecule has 2 aromatic carbocycles. The van der Waals surface area contributed by atoms with Gasteiger partial charge in [0.05, 0.1) is 5.39 Å². The second kappa shape index (κ2) is 10.6. The number of nitrogens with one attached hydrogen (secondary N) is 2. The molecule has 0 spiro atoms. The van der Waals surface area contributed by atoms with Crippen LogP contribution in [0.3, 0.4) is 0 Å². The summed E-state index contributed by atoms with van der Waals surface area (Å²) in [6.07, 6.45) is 0.771. The van der Waals surface area contributed by atoms with E-state index in [-0.39, 0.29) is 22.0 Å². The van der Waals surface area contributed by atoms with E-state index in [4.69, 9.17) is 9.15 Å². The number of carbonyl (C=O) groups excluding carboxylic acids is 3. The predicted octanol–water partition coefficient (Wildman–Crippen LogP) is 3.80. The maximum Gasteiger partial charge on any atom is 0.342 e. The molecule has 8 nitrogen and oxygen atoms in total. The van der Waals surface area contributed by atoms with Gasteiger partial charge in [-0.2, -0.15) is 0 Å². The molecular weight excluding hydrogens is 424 g/mol. The summed E-state index contributed by atoms with van der Waals surface area (Å²) in [7, 11) is 0. The first-order valence-electron chi connectivity index (χ1n) is 10.6. The number of imide groups is 1. The van der Waals surface area contributed by atoms with E-state index < -0.39 is 24.5 Å². The molecule has 172 valence electrons. The number of rotatable bonds is 7. The number of ether oxygens (including phenoxy) is 1. The van der Waals surface area contributed by atoms with Crippen LogP contribution in [0.1, 0.15) is 36.2 Å². The zero-order chi connectivity index (χ0) is 24.0. The van der Waals surface area contributed by atoms with Crippen molar-refractivity contribution >= 4 is 28.9 Å². The number of esters is 1.